The molecule has 3 N–H and O–H groups in total. The van der Waals surface area contributed by atoms with Crippen molar-refractivity contribution in [2.75, 3.05) is 5.73 Å². The third kappa shape index (κ3) is 4.65. The van der Waals surface area contributed by atoms with Crippen LogP contribution in [0.4, 0.5) is 5.95 Å². The molecule has 0 amide bonds. The molecule has 2 aromatic heterocycles. The fourth-order valence-electron chi connectivity index (χ4n) is 4.93. The Morgan fingerprint density at radius 2 is 1.94 bits per heavy atom. The molecule has 34 heavy (non-hydrogen) atoms. The number of nitrogens with one attached hydrogen (secondary N) is 1. The third-order valence-corrected chi connectivity index (χ3v) is 6.43. The van der Waals surface area contributed by atoms with Gasteiger partial charge in [0.05, 0.1) is 29.3 Å². The molecule has 0 unspecified atom stereocenters. The van der Waals surface area contributed by atoms with Gasteiger partial charge in [-0.1, -0.05) is 60.1 Å². The smallest absolute Gasteiger partial charge is 0.206 e. The van der Waals surface area contributed by atoms with Gasteiger partial charge in [0.15, 0.2) is 5.65 Å². The van der Waals surface area contributed by atoms with Crippen molar-refractivity contribution in [3.8, 4) is 0 Å². The average molecular weight is 458 g/mol. The summed E-state index contributed by atoms with van der Waals surface area (Å²) in [6, 6.07) is 6.68. The molecule has 0 fully saturated rings. The first-order valence-electron chi connectivity index (χ1n) is 11.5. The van der Waals surface area contributed by atoms with Crippen LogP contribution < -0.4 is 11.1 Å². The van der Waals surface area contributed by atoms with Crippen LogP contribution in [0.2, 0.25) is 0 Å². The summed E-state index contributed by atoms with van der Waals surface area (Å²) in [5.74, 6) is 0.407. The molecule has 3 aromatic rings. The van der Waals surface area contributed by atoms with Crippen molar-refractivity contribution in [1.82, 2.24) is 19.7 Å². The fraction of sp³-hybridized carbons (Fsp3) is 0.379. The van der Waals surface area contributed by atoms with Gasteiger partial charge in [-0.3, -0.25) is 4.40 Å². The molecule has 0 radical (unpaired) electrons. The van der Waals surface area contributed by atoms with E-state index in [0.29, 0.717) is 11.6 Å². The van der Waals surface area contributed by atoms with Gasteiger partial charge in [-0.2, -0.15) is 0 Å². The summed E-state index contributed by atoms with van der Waals surface area (Å²) in [5.41, 5.74) is 16.9. The van der Waals surface area contributed by atoms with E-state index >= 15 is 0 Å². The normalized spacial score (nSPS) is 15.0. The summed E-state index contributed by atoms with van der Waals surface area (Å²) in [4.78, 5) is 8.94. The van der Waals surface area contributed by atoms with Crippen LogP contribution in [0, 0.1) is 12.3 Å². The molecule has 1 atom stereocenters. The van der Waals surface area contributed by atoms with Crippen LogP contribution in [-0.4, -0.2) is 14.4 Å². The lowest BCUT2D eigenvalue weighted by Gasteiger charge is -2.23. The van der Waals surface area contributed by atoms with Gasteiger partial charge in [0.25, 0.3) is 0 Å². The summed E-state index contributed by atoms with van der Waals surface area (Å²) in [6.07, 6.45) is 4.74. The molecule has 2 heterocycles. The van der Waals surface area contributed by atoms with E-state index in [1.165, 1.54) is 27.8 Å². The molecule has 180 valence electrons. The molecule has 5 heteroatoms. The largest absolute Gasteiger partial charge is 0.377 e. The summed E-state index contributed by atoms with van der Waals surface area (Å²) >= 11 is 0. The van der Waals surface area contributed by atoms with Crippen LogP contribution in [0.3, 0.4) is 0 Å². The van der Waals surface area contributed by atoms with Crippen LogP contribution >= 0.6 is 0 Å². The molecule has 0 aliphatic heterocycles. The fourth-order valence-corrected chi connectivity index (χ4v) is 4.93. The molecule has 1 aromatic carbocycles. The number of allylic oxidation sites excluding steroid dienone is 2. The lowest BCUT2D eigenvalue weighted by Crippen LogP contribution is -2.18. The summed E-state index contributed by atoms with van der Waals surface area (Å²) in [7, 11) is 0. The number of imidazole rings is 1. The maximum absolute atomic E-state index is 6.03. The number of rotatable bonds is 6. The monoisotopic (exact) mass is 457 g/mol. The van der Waals surface area contributed by atoms with Crippen molar-refractivity contribution < 1.29 is 0 Å². The number of hydrogen-bond donors (Lipinski definition) is 2. The van der Waals surface area contributed by atoms with E-state index < -0.39 is 0 Å². The van der Waals surface area contributed by atoms with E-state index in [1.807, 2.05) is 17.4 Å². The molecule has 5 nitrogen and oxygen atoms in total. The summed E-state index contributed by atoms with van der Waals surface area (Å²) in [5, 5.41) is 3.63. The zero-order valence-corrected chi connectivity index (χ0v) is 20.5. The van der Waals surface area contributed by atoms with Gasteiger partial charge in [0, 0.05) is 0 Å². The topological polar surface area (TPSA) is 68.2 Å². The highest BCUT2D eigenvalue weighted by molar-refractivity contribution is 5.71. The highest BCUT2D eigenvalue weighted by atomic mass is 15.1. The first-order valence-corrected chi connectivity index (χ1v) is 11.5. The van der Waals surface area contributed by atoms with Gasteiger partial charge >= 0.3 is 0 Å². The second-order valence-electron chi connectivity index (χ2n) is 10.5. The van der Waals surface area contributed by atoms with Gasteiger partial charge < -0.3 is 11.1 Å². The zero-order chi connectivity index (χ0) is 24.1. The Morgan fingerprint density at radius 3 is 2.59 bits per heavy atom. The van der Waals surface area contributed by atoms with E-state index in [2.05, 4.69) is 69.9 Å². The highest BCUT2D eigenvalue weighted by Gasteiger charge is 2.27. The van der Waals surface area contributed by atoms with Crippen molar-refractivity contribution in [2.24, 2.45) is 5.41 Å². The average Bonchev–Trinajstić information content (AvgIpc) is 3.30. The van der Waals surface area contributed by atoms with Crippen LogP contribution in [0.25, 0.3) is 22.5 Å². The van der Waals surface area contributed by atoms with Gasteiger partial charge in [-0.05, 0) is 78.0 Å². The predicted octanol–water partition coefficient (Wildman–Crippen LogP) is 6.99. The molecule has 1 aliphatic carbocycles. The number of nitrogen functional groups attached to an aromatic ring is 1. The number of nitrogens with two attached hydrogens (primary N) is 1. The van der Waals surface area contributed by atoms with E-state index in [1.54, 1.807) is 6.20 Å². The number of aromatic nitrogens is 3. The zero-order valence-electron chi connectivity index (χ0n) is 20.5. The molecule has 0 saturated heterocycles. The minimum absolute atomic E-state index is 0. The second kappa shape index (κ2) is 9.13. The summed E-state index contributed by atoms with van der Waals surface area (Å²) < 4.78 is 1.82. The molecule has 1 aliphatic rings. The Morgan fingerprint density at radius 1 is 1.24 bits per heavy atom. The van der Waals surface area contributed by atoms with E-state index in [4.69, 9.17) is 10.7 Å². The van der Waals surface area contributed by atoms with Crippen LogP contribution in [-0.2, 0) is 6.42 Å². The Hall–Kier alpha value is -3.34. The minimum atomic E-state index is 0. The molecule has 0 bridgehead atoms. The Bertz CT molecular complexity index is 1290. The van der Waals surface area contributed by atoms with E-state index in [9.17, 15) is 0 Å². The molecule has 4 rings (SSSR count). The van der Waals surface area contributed by atoms with Crippen molar-refractivity contribution in [3.63, 3.8) is 0 Å². The predicted molar refractivity (Wildman–Crippen MR) is 146 cm³/mol. The lowest BCUT2D eigenvalue weighted by molar-refractivity contribution is 0.427. The standard InChI is InChI=1S/C28H35N5.CH4/c1-16(2)25-13-24(32-26-15-30-27(29)33(25)26)19(5)31-23-12-11-21-18(4)20(9-10-22(21)23)17(3)14-28(6,7)8;/h9-10,13,15,23,31H,1,3,5,11-12,14H2,2,4,6-8H3,(H2,29,30);1H4/t23-;/m0./s1. The van der Waals surface area contributed by atoms with E-state index in [-0.39, 0.29) is 18.9 Å². The maximum Gasteiger partial charge on any atom is 0.206 e. The number of hydrogen-bond acceptors (Lipinski definition) is 4. The van der Waals surface area contributed by atoms with Crippen molar-refractivity contribution >= 4 is 28.4 Å². The van der Waals surface area contributed by atoms with Crippen molar-refractivity contribution in [3.05, 3.63) is 77.8 Å². The van der Waals surface area contributed by atoms with Gasteiger partial charge in [0.1, 0.15) is 0 Å². The van der Waals surface area contributed by atoms with Gasteiger partial charge in [-0.25, -0.2) is 9.97 Å². The Labute approximate surface area is 204 Å². The quantitative estimate of drug-likeness (QED) is 0.419. The Balaban J connectivity index is 0.00000324. The van der Waals surface area contributed by atoms with Crippen molar-refractivity contribution in [2.45, 2.75) is 67.3 Å². The molecular weight excluding hydrogens is 418 g/mol. The van der Waals surface area contributed by atoms with Crippen LogP contribution in [0.15, 0.2) is 44.1 Å². The number of nitrogens with zero attached hydrogens (tertiary/aromatic N) is 3. The Kier molecular flexibility index (Phi) is 6.79. The highest BCUT2D eigenvalue weighted by Crippen LogP contribution is 2.39. The SMILES string of the molecule is C.C=C(N[C@H]1CCc2c1ccc(C(=C)CC(C)(C)C)c2C)c1cc(C(=C)C)n2c(N)ncc2n1. The maximum atomic E-state index is 6.03. The molecule has 0 saturated carbocycles. The number of anilines is 1. The number of benzene rings is 1. The lowest BCUT2D eigenvalue weighted by atomic mass is 9.83. The van der Waals surface area contributed by atoms with Crippen LogP contribution in [0.1, 0.15) is 87.6 Å². The van der Waals surface area contributed by atoms with Crippen molar-refractivity contribution in [1.29, 1.82) is 0 Å². The third-order valence-electron chi connectivity index (χ3n) is 6.43. The van der Waals surface area contributed by atoms with Gasteiger partial charge in [0.2, 0.25) is 5.95 Å². The minimum Gasteiger partial charge on any atom is -0.377 e. The summed E-state index contributed by atoms with van der Waals surface area (Å²) in [6.45, 7) is 23.8. The second-order valence-corrected chi connectivity index (χ2v) is 10.5. The molecular formula is C29H39N5. The van der Waals surface area contributed by atoms with Crippen LogP contribution in [0.5, 0.6) is 0 Å². The molecule has 0 spiro atoms. The first-order chi connectivity index (χ1) is 15.5. The first kappa shape index (κ1) is 25.3. The van der Waals surface area contributed by atoms with E-state index in [0.717, 1.165) is 41.9 Å². The number of fused-ring (bicyclic) bond motifs is 2. The van der Waals surface area contributed by atoms with Gasteiger partial charge in [-0.15, -0.1) is 0 Å².